The van der Waals surface area contributed by atoms with Gasteiger partial charge in [0.05, 0.1) is 11.7 Å². The molecule has 1 aromatic carbocycles. The van der Waals surface area contributed by atoms with Crippen LogP contribution in [0.1, 0.15) is 20.3 Å². The van der Waals surface area contributed by atoms with Crippen LogP contribution >= 0.6 is 11.6 Å². The topological polar surface area (TPSA) is 101 Å². The Bertz CT molecular complexity index is 1270. The first kappa shape index (κ1) is 23.8. The maximum atomic E-state index is 12.6. The summed E-state index contributed by atoms with van der Waals surface area (Å²) in [4.78, 5) is 35.5. The number of rotatable bonds is 6. The normalized spacial score (nSPS) is 18.1. The fraction of sp³-hybridized carbons (Fsp3) is 0.417. The van der Waals surface area contributed by atoms with Gasteiger partial charge < -0.3 is 24.8 Å². The Morgan fingerprint density at radius 2 is 1.97 bits per heavy atom. The van der Waals surface area contributed by atoms with Gasteiger partial charge in [-0.05, 0) is 42.5 Å². The van der Waals surface area contributed by atoms with Gasteiger partial charge >= 0.3 is 0 Å². The average molecular weight is 485 g/mol. The fourth-order valence-corrected chi connectivity index (χ4v) is 4.55. The summed E-state index contributed by atoms with van der Waals surface area (Å²) in [6.07, 6.45) is 2.81. The summed E-state index contributed by atoms with van der Waals surface area (Å²) in [6.45, 7) is 6.07. The Labute approximate surface area is 203 Å². The molecule has 0 spiro atoms. The minimum absolute atomic E-state index is 0.103. The van der Waals surface area contributed by atoms with E-state index in [9.17, 15) is 9.59 Å². The van der Waals surface area contributed by atoms with Crippen molar-refractivity contribution in [1.29, 1.82) is 0 Å². The van der Waals surface area contributed by atoms with Crippen LogP contribution in [-0.2, 0) is 11.8 Å². The lowest BCUT2D eigenvalue weighted by Gasteiger charge is -2.35. The number of likely N-dealkylation sites (N-methyl/N-ethyl adjacent to an activating group) is 1. The zero-order valence-corrected chi connectivity index (χ0v) is 20.5. The number of halogens is 1. The van der Waals surface area contributed by atoms with Gasteiger partial charge in [-0.15, -0.1) is 0 Å². The van der Waals surface area contributed by atoms with Crippen molar-refractivity contribution >= 4 is 45.9 Å². The van der Waals surface area contributed by atoms with Crippen molar-refractivity contribution in [3.63, 3.8) is 0 Å². The van der Waals surface area contributed by atoms with Crippen LogP contribution in [0.3, 0.4) is 0 Å². The van der Waals surface area contributed by atoms with E-state index in [0.717, 1.165) is 29.7 Å². The van der Waals surface area contributed by atoms with Crippen LogP contribution in [0.2, 0.25) is 5.02 Å². The molecule has 0 aliphatic carbocycles. The number of carbonyl (C=O) groups excluding carboxylic acids is 1. The molecule has 2 atom stereocenters. The van der Waals surface area contributed by atoms with E-state index in [1.807, 2.05) is 18.2 Å². The number of nitrogens with zero attached hydrogens (tertiary/aromatic N) is 4. The Balaban J connectivity index is 1.62. The summed E-state index contributed by atoms with van der Waals surface area (Å²) in [6, 6.07) is 7.21. The minimum atomic E-state index is -0.315. The smallest absolute Gasteiger partial charge is 0.293 e. The summed E-state index contributed by atoms with van der Waals surface area (Å²) in [7, 11) is 3.18. The second-order valence-corrected chi connectivity index (χ2v) is 9.36. The first-order valence-electron chi connectivity index (χ1n) is 11.3. The van der Waals surface area contributed by atoms with Crippen molar-refractivity contribution in [2.45, 2.75) is 20.3 Å². The van der Waals surface area contributed by atoms with Crippen LogP contribution in [0.25, 0.3) is 10.9 Å². The van der Waals surface area contributed by atoms with Crippen molar-refractivity contribution in [1.82, 2.24) is 19.9 Å². The van der Waals surface area contributed by atoms with Crippen LogP contribution < -0.4 is 25.8 Å². The number of nitrogens with one attached hydrogen (secondary N) is 2. The monoisotopic (exact) mass is 484 g/mol. The summed E-state index contributed by atoms with van der Waals surface area (Å²) in [5, 5.41) is 6.93. The van der Waals surface area contributed by atoms with Crippen LogP contribution in [0.15, 0.2) is 35.3 Å². The molecule has 0 saturated carbocycles. The molecule has 1 aliphatic heterocycles. The van der Waals surface area contributed by atoms with Crippen LogP contribution in [0, 0.1) is 11.8 Å². The Morgan fingerprint density at radius 3 is 2.68 bits per heavy atom. The Hall–Kier alpha value is -3.33. The van der Waals surface area contributed by atoms with Crippen molar-refractivity contribution < 1.29 is 9.53 Å². The van der Waals surface area contributed by atoms with Gasteiger partial charge in [-0.25, -0.2) is 4.98 Å². The van der Waals surface area contributed by atoms with Gasteiger partial charge in [-0.2, -0.15) is 4.98 Å². The molecule has 1 amide bonds. The molecule has 10 heteroatoms. The number of pyridine rings is 1. The molecule has 2 aromatic heterocycles. The zero-order valence-electron chi connectivity index (χ0n) is 19.8. The van der Waals surface area contributed by atoms with Crippen molar-refractivity contribution in [3.8, 4) is 5.75 Å². The van der Waals surface area contributed by atoms with E-state index in [0.29, 0.717) is 28.6 Å². The predicted molar refractivity (Wildman–Crippen MR) is 134 cm³/mol. The third-order valence-electron chi connectivity index (χ3n) is 5.97. The number of hydrogen-bond acceptors (Lipinski definition) is 7. The summed E-state index contributed by atoms with van der Waals surface area (Å²) in [5.41, 5.74) is 1.16. The van der Waals surface area contributed by atoms with Crippen LogP contribution in [0.5, 0.6) is 5.75 Å². The van der Waals surface area contributed by atoms with E-state index >= 15 is 0 Å². The van der Waals surface area contributed by atoms with Gasteiger partial charge in [0, 0.05) is 38.3 Å². The fourth-order valence-electron chi connectivity index (χ4n) is 4.41. The van der Waals surface area contributed by atoms with Gasteiger partial charge in [0.2, 0.25) is 5.95 Å². The van der Waals surface area contributed by atoms with E-state index in [4.69, 9.17) is 21.3 Å². The second-order valence-electron chi connectivity index (χ2n) is 8.95. The molecule has 9 nitrogen and oxygen atoms in total. The first-order valence-corrected chi connectivity index (χ1v) is 11.6. The predicted octanol–water partition coefficient (Wildman–Crippen LogP) is 3.33. The number of aryl methyl sites for hydroxylation is 1. The van der Waals surface area contributed by atoms with E-state index in [1.54, 1.807) is 19.3 Å². The molecule has 2 N–H and O–H groups in total. The third-order valence-corrected chi connectivity index (χ3v) is 6.25. The second kappa shape index (κ2) is 9.89. The molecular weight excluding hydrogens is 456 g/mol. The Kier molecular flexibility index (Phi) is 6.92. The molecule has 3 aromatic rings. The molecule has 0 bridgehead atoms. The molecule has 3 heterocycles. The maximum Gasteiger partial charge on any atom is 0.293 e. The van der Waals surface area contributed by atoms with Gasteiger partial charge in [0.25, 0.3) is 11.5 Å². The van der Waals surface area contributed by atoms with Crippen molar-refractivity contribution in [2.24, 2.45) is 18.9 Å². The third kappa shape index (κ3) is 5.09. The number of aromatic nitrogens is 3. The standard InChI is InChI=1S/C24H29ClN6O3/c1-14-7-15(2)12-31(11-14)24-27-10-18(25)22(29-24)28-17-5-6-19-16(8-17)9-20(23(33)30(19)4)34-13-21(32)26-3/h5-6,8-10,14-15H,7,11-13H2,1-4H3,(H,26,32)(H,27,28,29)/t14-,15?/m1/s1. The van der Waals surface area contributed by atoms with E-state index < -0.39 is 0 Å². The number of ether oxygens (including phenoxy) is 1. The molecule has 0 radical (unpaired) electrons. The van der Waals surface area contributed by atoms with Crippen LogP contribution in [0.4, 0.5) is 17.5 Å². The number of fused-ring (bicyclic) bond motifs is 1. The molecule has 4 rings (SSSR count). The zero-order chi connectivity index (χ0) is 24.4. The van der Waals surface area contributed by atoms with E-state index in [-0.39, 0.29) is 23.8 Å². The molecule has 180 valence electrons. The highest BCUT2D eigenvalue weighted by Crippen LogP contribution is 2.29. The summed E-state index contributed by atoms with van der Waals surface area (Å²) < 4.78 is 6.94. The highest BCUT2D eigenvalue weighted by atomic mass is 35.5. The molecule has 1 unspecified atom stereocenters. The highest BCUT2D eigenvalue weighted by Gasteiger charge is 2.24. The van der Waals surface area contributed by atoms with Crippen molar-refractivity contribution in [3.05, 3.63) is 45.8 Å². The number of anilines is 3. The molecule has 34 heavy (non-hydrogen) atoms. The molecule has 1 fully saturated rings. The largest absolute Gasteiger partial charge is 0.478 e. The lowest BCUT2D eigenvalue weighted by molar-refractivity contribution is -0.122. The number of hydrogen-bond donors (Lipinski definition) is 2. The number of benzene rings is 1. The molecular formula is C24H29ClN6O3. The maximum absolute atomic E-state index is 12.6. The minimum Gasteiger partial charge on any atom is -0.478 e. The van der Waals surface area contributed by atoms with Gasteiger partial charge in [-0.3, -0.25) is 9.59 Å². The van der Waals surface area contributed by atoms with Gasteiger partial charge in [0.15, 0.2) is 18.2 Å². The molecule has 1 saturated heterocycles. The highest BCUT2D eigenvalue weighted by molar-refractivity contribution is 6.32. The Morgan fingerprint density at radius 1 is 1.24 bits per heavy atom. The first-order chi connectivity index (χ1) is 16.2. The average Bonchev–Trinajstić information content (AvgIpc) is 2.81. The van der Waals surface area contributed by atoms with E-state index in [2.05, 4.69) is 34.4 Å². The lowest BCUT2D eigenvalue weighted by atomic mass is 9.92. The lowest BCUT2D eigenvalue weighted by Crippen LogP contribution is -2.39. The quantitative estimate of drug-likeness (QED) is 0.553. The summed E-state index contributed by atoms with van der Waals surface area (Å²) in [5.74, 6) is 2.10. The van der Waals surface area contributed by atoms with Gasteiger partial charge in [-0.1, -0.05) is 25.4 Å². The summed E-state index contributed by atoms with van der Waals surface area (Å²) >= 11 is 6.41. The SMILES string of the molecule is CNC(=O)COc1cc2cc(Nc3nc(N4CC(C)C[C@@H](C)C4)ncc3Cl)ccc2n(C)c1=O. The number of amides is 1. The number of piperidine rings is 1. The van der Waals surface area contributed by atoms with Gasteiger partial charge in [0.1, 0.15) is 5.02 Å². The van der Waals surface area contributed by atoms with Crippen molar-refractivity contribution in [2.75, 3.05) is 37.0 Å². The molecule has 1 aliphatic rings. The van der Waals surface area contributed by atoms with Crippen LogP contribution in [-0.4, -0.2) is 47.2 Å². The number of carbonyl (C=O) groups is 1. The van der Waals surface area contributed by atoms with E-state index in [1.165, 1.54) is 18.0 Å².